The van der Waals surface area contributed by atoms with Crippen LogP contribution in [-0.2, 0) is 27.3 Å². The van der Waals surface area contributed by atoms with Crippen molar-refractivity contribution in [3.05, 3.63) is 46.2 Å². The predicted octanol–water partition coefficient (Wildman–Crippen LogP) is 3.71. The molecule has 0 saturated heterocycles. The highest BCUT2D eigenvalue weighted by atomic mass is 32.1. The second kappa shape index (κ2) is 15.7. The molecule has 0 bridgehead atoms. The van der Waals surface area contributed by atoms with Crippen molar-refractivity contribution in [2.24, 2.45) is 0 Å². The zero-order valence-corrected chi connectivity index (χ0v) is 22.4. The summed E-state index contributed by atoms with van der Waals surface area (Å²) in [5.41, 5.74) is 1.01. The van der Waals surface area contributed by atoms with Gasteiger partial charge in [-0.05, 0) is 48.9 Å². The number of thiophene rings is 1. The molecule has 2 rings (SSSR count). The van der Waals surface area contributed by atoms with E-state index in [0.717, 1.165) is 23.3 Å². The lowest BCUT2D eigenvalue weighted by Gasteiger charge is -2.27. The highest BCUT2D eigenvalue weighted by molar-refractivity contribution is 7.09. The van der Waals surface area contributed by atoms with Crippen LogP contribution in [0.4, 0.5) is 4.79 Å². The van der Waals surface area contributed by atoms with Gasteiger partial charge in [0.1, 0.15) is 13.1 Å². The van der Waals surface area contributed by atoms with E-state index >= 15 is 0 Å². The highest BCUT2D eigenvalue weighted by Gasteiger charge is 2.22. The molecule has 1 aromatic carbocycles. The SMILES string of the molecule is CCCCN(CC(=O)N(CCc1ccc(OC)c(OC)c1)Cc1cccs1)C(=O)NCC(=O)OCC. The van der Waals surface area contributed by atoms with Crippen molar-refractivity contribution in [2.45, 2.75) is 39.7 Å². The van der Waals surface area contributed by atoms with Crippen molar-refractivity contribution in [3.8, 4) is 11.5 Å². The minimum absolute atomic E-state index is 0.0774. The van der Waals surface area contributed by atoms with Gasteiger partial charge in [-0.3, -0.25) is 9.59 Å². The van der Waals surface area contributed by atoms with Crippen LogP contribution >= 0.6 is 11.3 Å². The van der Waals surface area contributed by atoms with Gasteiger partial charge in [-0.25, -0.2) is 4.79 Å². The summed E-state index contributed by atoms with van der Waals surface area (Å²) in [5.74, 6) is 0.608. The molecule has 9 nitrogen and oxygen atoms in total. The number of esters is 1. The van der Waals surface area contributed by atoms with Crippen LogP contribution in [0.1, 0.15) is 37.1 Å². The Morgan fingerprint density at radius 2 is 1.78 bits per heavy atom. The van der Waals surface area contributed by atoms with E-state index in [1.807, 2.05) is 42.6 Å². The summed E-state index contributed by atoms with van der Waals surface area (Å²) in [6.45, 7) is 4.99. The number of unbranched alkanes of at least 4 members (excludes halogenated alkanes) is 1. The molecule has 0 unspecified atom stereocenters. The Balaban J connectivity index is 2.11. The van der Waals surface area contributed by atoms with Crippen LogP contribution in [0.2, 0.25) is 0 Å². The third-order valence-electron chi connectivity index (χ3n) is 5.48. The molecule has 0 saturated carbocycles. The predicted molar refractivity (Wildman–Crippen MR) is 139 cm³/mol. The number of ether oxygens (including phenoxy) is 3. The molecule has 198 valence electrons. The number of rotatable bonds is 15. The molecule has 36 heavy (non-hydrogen) atoms. The van der Waals surface area contributed by atoms with Crippen LogP contribution in [0.5, 0.6) is 11.5 Å². The first-order valence-electron chi connectivity index (χ1n) is 12.1. The maximum absolute atomic E-state index is 13.4. The standard InChI is InChI=1S/C26H37N3O6S/c1-5-7-13-29(26(32)27-17-25(31)35-6-2)19-24(30)28(18-21-9-8-15-36-21)14-12-20-10-11-22(33-3)23(16-20)34-4/h8-11,15-16H,5-7,12-14,17-19H2,1-4H3,(H,27,32). The fourth-order valence-electron chi connectivity index (χ4n) is 3.52. The van der Waals surface area contributed by atoms with E-state index in [1.165, 1.54) is 4.90 Å². The van der Waals surface area contributed by atoms with Gasteiger partial charge in [-0.15, -0.1) is 11.3 Å². The lowest BCUT2D eigenvalue weighted by atomic mass is 10.1. The molecular formula is C26H37N3O6S. The van der Waals surface area contributed by atoms with E-state index in [-0.39, 0.29) is 25.6 Å². The van der Waals surface area contributed by atoms with Crippen molar-refractivity contribution in [2.75, 3.05) is 47.0 Å². The Bertz CT molecular complexity index is 967. The number of hydrogen-bond donors (Lipinski definition) is 1. The molecule has 0 fully saturated rings. The largest absolute Gasteiger partial charge is 0.493 e. The van der Waals surface area contributed by atoms with Gasteiger partial charge in [0.05, 0.1) is 27.4 Å². The van der Waals surface area contributed by atoms with Crippen LogP contribution in [0.15, 0.2) is 35.7 Å². The number of carbonyl (C=O) groups excluding carboxylic acids is 3. The Morgan fingerprint density at radius 1 is 1.00 bits per heavy atom. The van der Waals surface area contributed by atoms with Crippen molar-refractivity contribution < 1.29 is 28.6 Å². The minimum Gasteiger partial charge on any atom is -0.493 e. The summed E-state index contributed by atoms with van der Waals surface area (Å²) < 4.78 is 15.6. The number of nitrogens with one attached hydrogen (secondary N) is 1. The molecule has 1 N–H and O–H groups in total. The molecule has 10 heteroatoms. The lowest BCUT2D eigenvalue weighted by Crippen LogP contribution is -2.48. The first-order valence-corrected chi connectivity index (χ1v) is 13.0. The molecule has 0 aliphatic rings. The molecular weight excluding hydrogens is 482 g/mol. The third-order valence-corrected chi connectivity index (χ3v) is 6.34. The van der Waals surface area contributed by atoms with Gasteiger partial charge in [0.15, 0.2) is 11.5 Å². The van der Waals surface area contributed by atoms with E-state index in [4.69, 9.17) is 14.2 Å². The van der Waals surface area contributed by atoms with Crippen molar-refractivity contribution in [1.29, 1.82) is 0 Å². The number of amides is 3. The molecule has 0 atom stereocenters. The van der Waals surface area contributed by atoms with Gasteiger partial charge in [0.25, 0.3) is 0 Å². The smallest absolute Gasteiger partial charge is 0.325 e. The number of hydrogen-bond acceptors (Lipinski definition) is 7. The highest BCUT2D eigenvalue weighted by Crippen LogP contribution is 2.28. The first-order chi connectivity index (χ1) is 17.4. The van der Waals surface area contributed by atoms with Crippen LogP contribution in [0.3, 0.4) is 0 Å². The number of benzene rings is 1. The van der Waals surface area contributed by atoms with Gasteiger partial charge in [0.2, 0.25) is 5.91 Å². The molecule has 0 aliphatic carbocycles. The maximum atomic E-state index is 13.4. The number of carbonyl (C=O) groups is 3. The summed E-state index contributed by atoms with van der Waals surface area (Å²) in [6.07, 6.45) is 2.23. The first kappa shape index (κ1) is 29.0. The molecule has 1 aromatic heterocycles. The summed E-state index contributed by atoms with van der Waals surface area (Å²) >= 11 is 1.58. The number of nitrogens with zero attached hydrogens (tertiary/aromatic N) is 2. The number of urea groups is 1. The van der Waals surface area contributed by atoms with Crippen molar-refractivity contribution >= 4 is 29.2 Å². The van der Waals surface area contributed by atoms with Crippen molar-refractivity contribution in [1.82, 2.24) is 15.1 Å². The van der Waals surface area contributed by atoms with E-state index in [0.29, 0.717) is 37.6 Å². The Labute approximate surface area is 217 Å². The molecule has 3 amide bonds. The fraction of sp³-hybridized carbons (Fsp3) is 0.500. The van der Waals surface area contributed by atoms with Gasteiger partial charge in [-0.2, -0.15) is 0 Å². The van der Waals surface area contributed by atoms with Gasteiger partial charge < -0.3 is 29.3 Å². The summed E-state index contributed by atoms with van der Waals surface area (Å²) in [4.78, 5) is 42.1. The summed E-state index contributed by atoms with van der Waals surface area (Å²) in [7, 11) is 3.18. The van der Waals surface area contributed by atoms with Gasteiger partial charge in [-0.1, -0.05) is 25.5 Å². The van der Waals surface area contributed by atoms with E-state index < -0.39 is 12.0 Å². The zero-order valence-electron chi connectivity index (χ0n) is 21.6. The Hall–Kier alpha value is -3.27. The van der Waals surface area contributed by atoms with Gasteiger partial charge >= 0.3 is 12.0 Å². The summed E-state index contributed by atoms with van der Waals surface area (Å²) in [6, 6.07) is 9.19. The van der Waals surface area contributed by atoms with E-state index in [9.17, 15) is 14.4 Å². The van der Waals surface area contributed by atoms with E-state index in [2.05, 4.69) is 5.32 Å². The van der Waals surface area contributed by atoms with Crippen LogP contribution in [-0.4, -0.2) is 74.7 Å². The van der Waals surface area contributed by atoms with Crippen LogP contribution < -0.4 is 14.8 Å². The van der Waals surface area contributed by atoms with Crippen molar-refractivity contribution in [3.63, 3.8) is 0 Å². The quantitative estimate of drug-likeness (QED) is 0.360. The maximum Gasteiger partial charge on any atom is 0.325 e. The number of methoxy groups -OCH3 is 2. The van der Waals surface area contributed by atoms with Crippen LogP contribution in [0, 0.1) is 0 Å². The molecule has 1 heterocycles. The molecule has 2 aromatic rings. The Morgan fingerprint density at radius 3 is 2.42 bits per heavy atom. The van der Waals surface area contributed by atoms with Gasteiger partial charge in [0, 0.05) is 18.0 Å². The average molecular weight is 520 g/mol. The molecule has 0 radical (unpaired) electrons. The van der Waals surface area contributed by atoms with Crippen LogP contribution in [0.25, 0.3) is 0 Å². The molecule has 0 aliphatic heterocycles. The zero-order chi connectivity index (χ0) is 26.3. The third kappa shape index (κ3) is 9.41. The Kier molecular flexibility index (Phi) is 12.6. The normalized spacial score (nSPS) is 10.4. The molecule has 0 spiro atoms. The topological polar surface area (TPSA) is 97.4 Å². The fourth-order valence-corrected chi connectivity index (χ4v) is 4.24. The second-order valence-electron chi connectivity index (χ2n) is 8.07. The van der Waals surface area contributed by atoms with E-state index in [1.54, 1.807) is 37.4 Å². The minimum atomic E-state index is -0.512. The lowest BCUT2D eigenvalue weighted by molar-refractivity contribution is -0.141. The monoisotopic (exact) mass is 519 g/mol. The second-order valence-corrected chi connectivity index (χ2v) is 9.11. The summed E-state index contributed by atoms with van der Waals surface area (Å²) in [5, 5.41) is 4.54. The average Bonchev–Trinajstić information content (AvgIpc) is 3.40.